The number of halogens is 1. The second-order valence-electron chi connectivity index (χ2n) is 6.80. The van der Waals surface area contributed by atoms with Crippen LogP contribution in [0, 0.1) is 5.41 Å². The fraction of sp³-hybridized carbons (Fsp3) is 0.150. The molecule has 1 aliphatic rings. The van der Waals surface area contributed by atoms with Gasteiger partial charge in [-0.25, -0.2) is 0 Å². The first-order chi connectivity index (χ1) is 16.0. The van der Waals surface area contributed by atoms with E-state index in [9.17, 15) is 18.0 Å². The van der Waals surface area contributed by atoms with Crippen molar-refractivity contribution < 1.29 is 27.3 Å². The fourth-order valence-electron chi connectivity index (χ4n) is 2.77. The molecule has 2 aromatic heterocycles. The number of benzene rings is 1. The first-order valence-corrected chi connectivity index (χ1v) is 13.5. The summed E-state index contributed by atoms with van der Waals surface area (Å²) >= 11 is 8.37. The number of hydrogen-bond donors (Lipinski definition) is 4. The third kappa shape index (κ3) is 7.27. The third-order valence-corrected chi connectivity index (χ3v) is 6.16. The Morgan fingerprint density at radius 1 is 1.12 bits per heavy atom. The number of nitrogens with one attached hydrogen (secondary N) is 3. The van der Waals surface area contributed by atoms with E-state index in [0.717, 1.165) is 5.69 Å². The summed E-state index contributed by atoms with van der Waals surface area (Å²) in [6, 6.07) is 10.6. The molecule has 34 heavy (non-hydrogen) atoms. The van der Waals surface area contributed by atoms with Gasteiger partial charge in [0.25, 0.3) is 28.0 Å². The van der Waals surface area contributed by atoms with Crippen molar-refractivity contribution in [3.05, 3.63) is 61.9 Å². The van der Waals surface area contributed by atoms with Crippen LogP contribution in [0.4, 0.5) is 17.1 Å². The van der Waals surface area contributed by atoms with Crippen LogP contribution in [0.2, 0.25) is 4.34 Å². The maximum Gasteiger partial charge on any atom is 0.289 e. The molecule has 0 saturated carbocycles. The summed E-state index contributed by atoms with van der Waals surface area (Å²) in [4.78, 5) is 27.2. The smallest absolute Gasteiger partial charge is 0.289 e. The number of rotatable bonds is 5. The van der Waals surface area contributed by atoms with E-state index in [-0.39, 0.29) is 17.8 Å². The number of amides is 2. The highest BCUT2D eigenvalue weighted by atomic mass is 35.5. The normalized spacial score (nSPS) is 13.0. The molecule has 3 heterocycles. The molecule has 10 nitrogen and oxygen atoms in total. The van der Waals surface area contributed by atoms with Crippen molar-refractivity contribution in [3.8, 4) is 0 Å². The predicted octanol–water partition coefficient (Wildman–Crippen LogP) is 4.24. The van der Waals surface area contributed by atoms with Crippen molar-refractivity contribution in [2.45, 2.75) is 0 Å². The molecular formula is C20H19ClN4O6S3. The maximum atomic E-state index is 12.7. The van der Waals surface area contributed by atoms with E-state index in [0.29, 0.717) is 45.6 Å². The number of thiophene rings is 2. The maximum absolute atomic E-state index is 12.7. The summed E-state index contributed by atoms with van der Waals surface area (Å²) in [7, 11) is -3.67. The zero-order chi connectivity index (χ0) is 24.9. The van der Waals surface area contributed by atoms with Gasteiger partial charge in [0.05, 0.1) is 33.3 Å². The SMILES string of the molecule is CS(=O)(=O)O.N=C1OCCN1c1ccc(NC(=O)c2cscc2NC(=O)c2ccc(Cl)s2)cc1. The Morgan fingerprint density at radius 2 is 1.79 bits per heavy atom. The van der Waals surface area contributed by atoms with E-state index < -0.39 is 10.1 Å². The second kappa shape index (κ2) is 11.0. The van der Waals surface area contributed by atoms with Gasteiger partial charge < -0.3 is 15.4 Å². The standard InChI is InChI=1S/C19H15ClN4O3S2.CH4O3S/c20-16-6-5-15(29-16)18(26)23-14-10-28-9-13(14)17(25)22-11-1-3-12(4-2-11)24-7-8-27-19(24)21;1-5(2,3)4/h1-6,9-10,21H,7-8H2,(H,22,25)(H,23,26);1H3,(H,2,3,4). The predicted molar refractivity (Wildman–Crippen MR) is 134 cm³/mol. The van der Waals surface area contributed by atoms with Gasteiger partial charge in [-0.3, -0.25) is 24.5 Å². The van der Waals surface area contributed by atoms with Crippen LogP contribution in [0.25, 0.3) is 0 Å². The zero-order valence-electron chi connectivity index (χ0n) is 17.6. The lowest BCUT2D eigenvalue weighted by atomic mass is 10.2. The summed E-state index contributed by atoms with van der Waals surface area (Å²) in [6.45, 7) is 1.11. The van der Waals surface area contributed by atoms with Gasteiger partial charge in [-0.05, 0) is 36.4 Å². The molecule has 3 aromatic rings. The summed E-state index contributed by atoms with van der Waals surface area (Å²) in [5.41, 5.74) is 2.26. The van der Waals surface area contributed by atoms with Crippen LogP contribution in [0.15, 0.2) is 47.2 Å². The average Bonchev–Trinajstić information content (AvgIpc) is 3.49. The molecule has 0 aliphatic carbocycles. The number of amidine groups is 1. The van der Waals surface area contributed by atoms with Gasteiger partial charge in [0.15, 0.2) is 0 Å². The minimum absolute atomic E-state index is 0.118. The Kier molecular flexibility index (Phi) is 8.28. The van der Waals surface area contributed by atoms with Gasteiger partial charge in [0, 0.05) is 22.1 Å². The molecule has 0 unspecified atom stereocenters. The molecule has 180 valence electrons. The molecule has 0 radical (unpaired) electrons. The van der Waals surface area contributed by atoms with Crippen LogP contribution < -0.4 is 15.5 Å². The largest absolute Gasteiger partial charge is 0.463 e. The molecule has 2 amide bonds. The van der Waals surface area contributed by atoms with Gasteiger partial charge in [-0.2, -0.15) is 8.42 Å². The lowest BCUT2D eigenvalue weighted by molar-refractivity contribution is 0.102. The van der Waals surface area contributed by atoms with E-state index in [1.807, 2.05) is 12.1 Å². The van der Waals surface area contributed by atoms with Crippen LogP contribution in [-0.2, 0) is 14.9 Å². The topological polar surface area (TPSA) is 149 Å². The van der Waals surface area contributed by atoms with Crippen molar-refractivity contribution in [2.24, 2.45) is 0 Å². The number of ether oxygens (including phenoxy) is 1. The highest BCUT2D eigenvalue weighted by Crippen LogP contribution is 2.27. The zero-order valence-corrected chi connectivity index (χ0v) is 20.8. The summed E-state index contributed by atoms with van der Waals surface area (Å²) in [6.07, 6.45) is 0.715. The first-order valence-electron chi connectivity index (χ1n) is 9.47. The molecule has 1 aliphatic heterocycles. The molecule has 0 spiro atoms. The minimum atomic E-state index is -3.67. The Hall–Kier alpha value is -2.97. The highest BCUT2D eigenvalue weighted by molar-refractivity contribution is 7.85. The highest BCUT2D eigenvalue weighted by Gasteiger charge is 2.20. The van der Waals surface area contributed by atoms with Crippen LogP contribution in [0.5, 0.6) is 0 Å². The Labute approximate surface area is 208 Å². The molecule has 4 rings (SSSR count). The number of carbonyl (C=O) groups excluding carboxylic acids is 2. The van der Waals surface area contributed by atoms with Crippen molar-refractivity contribution >= 4 is 79.3 Å². The van der Waals surface area contributed by atoms with E-state index >= 15 is 0 Å². The van der Waals surface area contributed by atoms with E-state index in [2.05, 4.69) is 10.6 Å². The quantitative estimate of drug-likeness (QED) is 0.352. The van der Waals surface area contributed by atoms with Crippen LogP contribution in [0.3, 0.4) is 0 Å². The van der Waals surface area contributed by atoms with Crippen molar-refractivity contribution in [1.82, 2.24) is 0 Å². The van der Waals surface area contributed by atoms with Crippen LogP contribution >= 0.6 is 34.3 Å². The monoisotopic (exact) mass is 542 g/mol. The van der Waals surface area contributed by atoms with Gasteiger partial charge in [-0.15, -0.1) is 22.7 Å². The molecular weight excluding hydrogens is 524 g/mol. The van der Waals surface area contributed by atoms with Crippen LogP contribution in [-0.4, -0.2) is 50.2 Å². The molecule has 0 bridgehead atoms. The van der Waals surface area contributed by atoms with Crippen molar-refractivity contribution in [3.63, 3.8) is 0 Å². The molecule has 4 N–H and O–H groups in total. The molecule has 14 heteroatoms. The van der Waals surface area contributed by atoms with Gasteiger partial charge in [0.1, 0.15) is 6.61 Å². The molecule has 0 atom stereocenters. The van der Waals surface area contributed by atoms with E-state index in [1.165, 1.54) is 22.7 Å². The minimum Gasteiger partial charge on any atom is -0.463 e. The fourth-order valence-corrected chi connectivity index (χ4v) is 4.47. The summed E-state index contributed by atoms with van der Waals surface area (Å²) in [5, 5.41) is 16.7. The van der Waals surface area contributed by atoms with Crippen molar-refractivity contribution in [2.75, 3.05) is 34.9 Å². The molecule has 1 aromatic carbocycles. The average molecular weight is 543 g/mol. The number of anilines is 3. The Bertz CT molecular complexity index is 1300. The number of hydrogen-bond acceptors (Lipinski definition) is 8. The van der Waals surface area contributed by atoms with Crippen LogP contribution in [0.1, 0.15) is 20.0 Å². The summed E-state index contributed by atoms with van der Waals surface area (Å²) < 4.78 is 31.5. The number of nitrogens with zero attached hydrogens (tertiary/aromatic N) is 1. The van der Waals surface area contributed by atoms with Crippen molar-refractivity contribution in [1.29, 1.82) is 5.41 Å². The lowest BCUT2D eigenvalue weighted by Gasteiger charge is -2.15. The van der Waals surface area contributed by atoms with E-state index in [1.54, 1.807) is 39.9 Å². The van der Waals surface area contributed by atoms with Gasteiger partial charge >= 0.3 is 0 Å². The molecule has 1 fully saturated rings. The van der Waals surface area contributed by atoms with Gasteiger partial charge in [-0.1, -0.05) is 11.6 Å². The third-order valence-electron chi connectivity index (χ3n) is 4.19. The lowest BCUT2D eigenvalue weighted by Crippen LogP contribution is -2.23. The Morgan fingerprint density at radius 3 is 2.35 bits per heavy atom. The first kappa shape index (κ1) is 25.6. The second-order valence-corrected chi connectivity index (χ2v) is 10.7. The molecule has 1 saturated heterocycles. The van der Waals surface area contributed by atoms with E-state index in [4.69, 9.17) is 26.3 Å². The van der Waals surface area contributed by atoms with Gasteiger partial charge in [0.2, 0.25) is 0 Å². The Balaban J connectivity index is 0.000000588. The number of carbonyl (C=O) groups is 2. The summed E-state index contributed by atoms with van der Waals surface area (Å²) in [5.74, 6) is -0.634.